The number of sulfonamides is 1. The molecular formula is C12H13N3O3S2. The summed E-state index contributed by atoms with van der Waals surface area (Å²) in [5.41, 5.74) is 0.776. The first-order valence-electron chi connectivity index (χ1n) is 5.78. The summed E-state index contributed by atoms with van der Waals surface area (Å²) in [5, 5.41) is 16.6. The Kier molecular flexibility index (Phi) is 4.92. The Morgan fingerprint density at radius 2 is 2.35 bits per heavy atom. The van der Waals surface area contributed by atoms with E-state index in [4.69, 9.17) is 5.11 Å². The minimum atomic E-state index is -3.56. The second kappa shape index (κ2) is 6.67. The molecule has 2 heterocycles. The lowest BCUT2D eigenvalue weighted by atomic mass is 10.2. The molecule has 0 saturated heterocycles. The number of H-pyrrole nitrogens is 1. The van der Waals surface area contributed by atoms with Gasteiger partial charge in [0.05, 0.1) is 12.8 Å². The van der Waals surface area contributed by atoms with Gasteiger partial charge in [0.15, 0.2) is 0 Å². The number of aromatic nitrogens is 2. The Hall–Kier alpha value is -1.66. The minimum Gasteiger partial charge on any atom is -0.395 e. The molecule has 0 aromatic carbocycles. The Morgan fingerprint density at radius 3 is 3.05 bits per heavy atom. The summed E-state index contributed by atoms with van der Waals surface area (Å²) in [6, 6.07) is 1.83. The third-order valence-corrected chi connectivity index (χ3v) is 4.70. The second-order valence-corrected chi connectivity index (χ2v) is 6.56. The number of aliphatic hydroxyl groups is 1. The molecule has 8 heteroatoms. The van der Waals surface area contributed by atoms with Crippen molar-refractivity contribution in [1.82, 2.24) is 14.9 Å². The second-order valence-electron chi connectivity index (χ2n) is 3.79. The van der Waals surface area contributed by atoms with E-state index in [1.807, 2.05) is 11.4 Å². The fraction of sp³-hybridized carbons (Fsp3) is 0.250. The molecule has 0 atom stereocenters. The van der Waals surface area contributed by atoms with Gasteiger partial charge in [0.2, 0.25) is 10.0 Å². The first-order valence-corrected chi connectivity index (χ1v) is 8.14. The maximum absolute atomic E-state index is 11.9. The van der Waals surface area contributed by atoms with Crippen molar-refractivity contribution in [3.63, 3.8) is 0 Å². The summed E-state index contributed by atoms with van der Waals surface area (Å²) in [6.45, 7) is 0.188. The highest BCUT2D eigenvalue weighted by Gasteiger charge is 2.15. The predicted molar refractivity (Wildman–Crippen MR) is 75.5 cm³/mol. The van der Waals surface area contributed by atoms with Crippen LogP contribution in [-0.2, 0) is 16.6 Å². The summed E-state index contributed by atoms with van der Waals surface area (Å²) >= 11 is 1.43. The van der Waals surface area contributed by atoms with Crippen molar-refractivity contribution in [3.8, 4) is 11.8 Å². The summed E-state index contributed by atoms with van der Waals surface area (Å²) < 4.78 is 26.3. The molecular weight excluding hydrogens is 298 g/mol. The number of nitrogens with one attached hydrogen (secondary N) is 2. The number of nitrogens with zero attached hydrogens (tertiary/aromatic N) is 1. The average molecular weight is 311 g/mol. The number of hydrogen-bond donors (Lipinski definition) is 3. The number of thiophene rings is 1. The molecule has 0 spiro atoms. The van der Waals surface area contributed by atoms with Crippen LogP contribution < -0.4 is 4.72 Å². The molecule has 3 N–H and O–H groups in total. The summed E-state index contributed by atoms with van der Waals surface area (Å²) in [7, 11) is -3.56. The number of hydrogen-bond acceptors (Lipinski definition) is 5. The molecule has 0 fully saturated rings. The van der Waals surface area contributed by atoms with E-state index in [1.54, 1.807) is 0 Å². The highest BCUT2D eigenvalue weighted by Crippen LogP contribution is 2.16. The van der Waals surface area contributed by atoms with Gasteiger partial charge in [-0.3, -0.25) is 5.10 Å². The van der Waals surface area contributed by atoms with Crippen molar-refractivity contribution in [2.75, 3.05) is 6.61 Å². The molecule has 0 aliphatic rings. The van der Waals surface area contributed by atoms with Gasteiger partial charge in [-0.25, -0.2) is 13.1 Å². The summed E-state index contributed by atoms with van der Waals surface area (Å²) in [4.78, 5) is 0.935. The molecule has 2 rings (SSSR count). The zero-order valence-corrected chi connectivity index (χ0v) is 12.1. The van der Waals surface area contributed by atoms with E-state index < -0.39 is 10.0 Å². The van der Waals surface area contributed by atoms with Crippen molar-refractivity contribution in [3.05, 3.63) is 34.3 Å². The van der Waals surface area contributed by atoms with Gasteiger partial charge >= 0.3 is 0 Å². The first-order chi connectivity index (χ1) is 9.63. The van der Waals surface area contributed by atoms with Crippen LogP contribution >= 0.6 is 11.3 Å². The van der Waals surface area contributed by atoms with Crippen LogP contribution in [0, 0.1) is 11.8 Å². The Bertz CT molecular complexity index is 709. The lowest BCUT2D eigenvalue weighted by molar-refractivity contribution is 0.305. The van der Waals surface area contributed by atoms with Crippen LogP contribution in [0.5, 0.6) is 0 Å². The topological polar surface area (TPSA) is 95.1 Å². The molecule has 0 amide bonds. The largest absolute Gasteiger partial charge is 0.395 e. The van der Waals surface area contributed by atoms with Crippen LogP contribution in [0.3, 0.4) is 0 Å². The van der Waals surface area contributed by atoms with E-state index in [0.717, 1.165) is 10.4 Å². The van der Waals surface area contributed by atoms with Crippen molar-refractivity contribution < 1.29 is 13.5 Å². The molecule has 6 nitrogen and oxygen atoms in total. The summed E-state index contributed by atoms with van der Waals surface area (Å²) in [6.07, 6.45) is 2.97. The third kappa shape index (κ3) is 3.68. The predicted octanol–water partition coefficient (Wildman–Crippen LogP) is 0.684. The van der Waals surface area contributed by atoms with Crippen LogP contribution in [0.15, 0.2) is 28.7 Å². The molecule has 2 aromatic heterocycles. The Balaban J connectivity index is 2.06. The Labute approximate surface area is 120 Å². The van der Waals surface area contributed by atoms with Crippen LogP contribution in [0.2, 0.25) is 0 Å². The fourth-order valence-corrected chi connectivity index (χ4v) is 3.19. The van der Waals surface area contributed by atoms with Crippen LogP contribution in [0.1, 0.15) is 16.9 Å². The smallest absolute Gasteiger partial charge is 0.244 e. The molecule has 106 valence electrons. The van der Waals surface area contributed by atoms with Gasteiger partial charge in [-0.1, -0.05) is 11.8 Å². The van der Waals surface area contributed by atoms with E-state index in [0.29, 0.717) is 6.42 Å². The molecule has 2 aromatic rings. The minimum absolute atomic E-state index is 0.0135. The highest BCUT2D eigenvalue weighted by molar-refractivity contribution is 7.89. The van der Waals surface area contributed by atoms with E-state index in [9.17, 15) is 8.42 Å². The van der Waals surface area contributed by atoms with Crippen molar-refractivity contribution in [2.24, 2.45) is 0 Å². The fourth-order valence-electron chi connectivity index (χ4n) is 1.43. The van der Waals surface area contributed by atoms with Gasteiger partial charge < -0.3 is 5.11 Å². The zero-order valence-electron chi connectivity index (χ0n) is 10.5. The maximum atomic E-state index is 11.9. The van der Waals surface area contributed by atoms with E-state index in [-0.39, 0.29) is 18.0 Å². The van der Waals surface area contributed by atoms with Crippen LogP contribution in [0.25, 0.3) is 0 Å². The van der Waals surface area contributed by atoms with Gasteiger partial charge in [-0.2, -0.15) is 5.10 Å². The number of aromatic amines is 1. The average Bonchev–Trinajstić information content (AvgIpc) is 3.09. The molecule has 0 bridgehead atoms. The highest BCUT2D eigenvalue weighted by atomic mass is 32.2. The number of rotatable bonds is 5. The van der Waals surface area contributed by atoms with Gasteiger partial charge in [0, 0.05) is 29.6 Å². The van der Waals surface area contributed by atoms with Crippen LogP contribution in [0.4, 0.5) is 0 Å². The van der Waals surface area contributed by atoms with Crippen molar-refractivity contribution in [2.45, 2.75) is 17.9 Å². The SMILES string of the molecule is O=S(=O)(NCc1sccc1C#CCCO)c1cn[nH]c1. The quantitative estimate of drug-likeness (QED) is 0.708. The van der Waals surface area contributed by atoms with E-state index >= 15 is 0 Å². The van der Waals surface area contributed by atoms with Crippen molar-refractivity contribution in [1.29, 1.82) is 0 Å². The van der Waals surface area contributed by atoms with Gasteiger partial charge in [-0.15, -0.1) is 11.3 Å². The first kappa shape index (κ1) is 14.7. The van der Waals surface area contributed by atoms with Crippen LogP contribution in [-0.4, -0.2) is 30.3 Å². The lowest BCUT2D eigenvalue weighted by Gasteiger charge is -2.03. The zero-order chi connectivity index (χ0) is 14.4. The van der Waals surface area contributed by atoms with Crippen molar-refractivity contribution >= 4 is 21.4 Å². The molecule has 0 saturated carbocycles. The van der Waals surface area contributed by atoms with E-state index in [1.165, 1.54) is 23.7 Å². The molecule has 0 unspecified atom stereocenters. The molecule has 0 aliphatic heterocycles. The lowest BCUT2D eigenvalue weighted by Crippen LogP contribution is -2.22. The van der Waals surface area contributed by atoms with Gasteiger partial charge in [0.25, 0.3) is 0 Å². The van der Waals surface area contributed by atoms with Gasteiger partial charge in [-0.05, 0) is 11.4 Å². The maximum Gasteiger partial charge on any atom is 0.244 e. The monoisotopic (exact) mass is 311 g/mol. The normalized spacial score (nSPS) is 11.1. The molecule has 0 aliphatic carbocycles. The third-order valence-electron chi connectivity index (χ3n) is 2.41. The molecule has 20 heavy (non-hydrogen) atoms. The van der Waals surface area contributed by atoms with Gasteiger partial charge in [0.1, 0.15) is 4.90 Å². The standard InChI is InChI=1S/C12H13N3O3S2/c16-5-2-1-3-10-4-6-19-12(10)9-15-20(17,18)11-7-13-14-8-11/h4,6-8,15-16H,2,5,9H2,(H,13,14). The molecule has 0 radical (unpaired) electrons. The number of aliphatic hydroxyl groups excluding tert-OH is 1. The Morgan fingerprint density at radius 1 is 1.50 bits per heavy atom. The van der Waals surface area contributed by atoms with E-state index in [2.05, 4.69) is 26.8 Å². The summed E-state index contributed by atoms with van der Waals surface area (Å²) in [5.74, 6) is 5.73.